The van der Waals surface area contributed by atoms with Gasteiger partial charge in [0.25, 0.3) is 0 Å². The van der Waals surface area contributed by atoms with E-state index in [-0.39, 0.29) is 21.7 Å². The summed E-state index contributed by atoms with van der Waals surface area (Å²) in [6, 6.07) is 32.0. The normalized spacial score (nSPS) is 15.5. The Hall–Kier alpha value is -5.36. The van der Waals surface area contributed by atoms with E-state index < -0.39 is 5.41 Å². The molecule has 3 aliphatic rings. The number of nitrogens with zero attached hydrogens (tertiary/aromatic N) is 5. The SMILES string of the molecule is CN1CN2c3cc(Oc4cccc(-n5nccn5)c4)ccc3C3(c4cccc1c42)c1c(cc(C(C)(C)C)cc1C(C)(C)C)-c1cc(C(C)(C)C)cc(C(C)(C)C)c13. The fourth-order valence-corrected chi connectivity index (χ4v) is 9.63. The number of benzene rings is 5. The number of hydrogen-bond acceptors (Lipinski definition) is 5. The number of anilines is 3. The zero-order valence-electron chi connectivity index (χ0n) is 36.1. The summed E-state index contributed by atoms with van der Waals surface area (Å²) in [4.78, 5) is 6.54. The molecule has 1 aliphatic carbocycles. The van der Waals surface area contributed by atoms with Gasteiger partial charge < -0.3 is 14.5 Å². The maximum absolute atomic E-state index is 6.75. The third-order valence-corrected chi connectivity index (χ3v) is 12.5. The second-order valence-electron chi connectivity index (χ2n) is 20.7. The van der Waals surface area contributed by atoms with E-state index in [1.807, 2.05) is 24.3 Å². The van der Waals surface area contributed by atoms with Crippen molar-refractivity contribution in [1.82, 2.24) is 15.0 Å². The van der Waals surface area contributed by atoms with E-state index in [1.165, 1.54) is 72.7 Å². The van der Waals surface area contributed by atoms with Gasteiger partial charge in [-0.1, -0.05) is 132 Å². The van der Waals surface area contributed by atoms with E-state index in [4.69, 9.17) is 4.74 Å². The highest BCUT2D eigenvalue weighted by atomic mass is 16.5. The van der Waals surface area contributed by atoms with Crippen LogP contribution in [0.15, 0.2) is 97.3 Å². The van der Waals surface area contributed by atoms with Gasteiger partial charge in [0.2, 0.25) is 0 Å². The Morgan fingerprint density at radius 1 is 0.561 bits per heavy atom. The van der Waals surface area contributed by atoms with Crippen molar-refractivity contribution >= 4 is 17.1 Å². The topological polar surface area (TPSA) is 46.4 Å². The van der Waals surface area contributed by atoms with Gasteiger partial charge in [-0.15, -0.1) is 0 Å². The number of ether oxygens (including phenoxy) is 1. The van der Waals surface area contributed by atoms with Crippen molar-refractivity contribution in [1.29, 1.82) is 0 Å². The molecule has 2 aliphatic heterocycles. The summed E-state index contributed by atoms with van der Waals surface area (Å²) in [6.45, 7) is 29.3. The number of aromatic nitrogens is 3. The first-order chi connectivity index (χ1) is 26.7. The van der Waals surface area contributed by atoms with E-state index in [2.05, 4.69) is 171 Å². The van der Waals surface area contributed by atoms with Gasteiger partial charge in [-0.25, -0.2) is 0 Å². The van der Waals surface area contributed by atoms with Gasteiger partial charge in [-0.3, -0.25) is 0 Å². The molecule has 0 saturated carbocycles. The molecule has 0 saturated heterocycles. The maximum atomic E-state index is 6.75. The molecular formula is C51H57N5O. The fourth-order valence-electron chi connectivity index (χ4n) is 9.63. The lowest BCUT2D eigenvalue weighted by Crippen LogP contribution is -2.40. The molecule has 1 aromatic heterocycles. The standard InChI is InChI=1S/C51H57N5O/c1-47(2,3)31-24-36-37-25-32(48(4,5)6)27-41(50(10,11)12)45(37)51(44(36)40(26-31)49(7,8)9)38-21-20-35(57-34-17-14-16-33(28-34)56-52-22-23-53-56)29-43(38)55-30-54(13)42-19-15-18-39(51)46(42)55/h14-29H,30H2,1-13H3. The molecule has 6 aromatic rings. The van der Waals surface area contributed by atoms with Crippen molar-refractivity contribution in [2.24, 2.45) is 0 Å². The van der Waals surface area contributed by atoms with Crippen molar-refractivity contribution in [3.05, 3.63) is 142 Å². The van der Waals surface area contributed by atoms with Crippen LogP contribution < -0.4 is 14.5 Å². The van der Waals surface area contributed by atoms with E-state index in [0.29, 0.717) is 0 Å². The molecule has 5 aromatic carbocycles. The zero-order chi connectivity index (χ0) is 40.6. The van der Waals surface area contributed by atoms with Gasteiger partial charge in [0.1, 0.15) is 11.5 Å². The predicted molar refractivity (Wildman–Crippen MR) is 235 cm³/mol. The van der Waals surface area contributed by atoms with Crippen LogP contribution >= 0.6 is 0 Å². The summed E-state index contributed by atoms with van der Waals surface area (Å²) < 4.78 is 6.75. The number of fused-ring (bicyclic) bond motifs is 9. The molecule has 6 heteroatoms. The van der Waals surface area contributed by atoms with Crippen LogP contribution in [0.5, 0.6) is 11.5 Å². The molecule has 0 atom stereocenters. The number of hydrogen-bond donors (Lipinski definition) is 0. The van der Waals surface area contributed by atoms with Crippen LogP contribution in [0.1, 0.15) is 128 Å². The summed E-state index contributed by atoms with van der Waals surface area (Å²) in [5.74, 6) is 1.53. The smallest absolute Gasteiger partial charge is 0.129 e. The summed E-state index contributed by atoms with van der Waals surface area (Å²) >= 11 is 0. The molecule has 0 unspecified atom stereocenters. The van der Waals surface area contributed by atoms with Crippen LogP contribution in [0.4, 0.5) is 17.1 Å². The third-order valence-electron chi connectivity index (χ3n) is 12.5. The fraction of sp³-hybridized carbons (Fsp3) is 0.373. The minimum atomic E-state index is -0.588. The monoisotopic (exact) mass is 755 g/mol. The second-order valence-corrected chi connectivity index (χ2v) is 20.7. The number of para-hydroxylation sites is 1. The average molecular weight is 756 g/mol. The van der Waals surface area contributed by atoms with Crippen LogP contribution in [0.25, 0.3) is 16.8 Å². The maximum Gasteiger partial charge on any atom is 0.129 e. The highest BCUT2D eigenvalue weighted by Gasteiger charge is 2.57. The lowest BCUT2D eigenvalue weighted by molar-refractivity contribution is 0.481. The first-order valence-electron chi connectivity index (χ1n) is 20.5. The van der Waals surface area contributed by atoms with E-state index in [0.717, 1.165) is 23.9 Å². The van der Waals surface area contributed by atoms with Crippen LogP contribution in [0.2, 0.25) is 0 Å². The quantitative estimate of drug-likeness (QED) is 0.180. The number of rotatable bonds is 3. The molecule has 0 bridgehead atoms. The molecule has 3 heterocycles. The Morgan fingerprint density at radius 3 is 1.68 bits per heavy atom. The van der Waals surface area contributed by atoms with Crippen LogP contribution in [-0.4, -0.2) is 28.7 Å². The summed E-state index contributed by atoms with van der Waals surface area (Å²) in [6.07, 6.45) is 3.38. The highest BCUT2D eigenvalue weighted by Crippen LogP contribution is 2.68. The summed E-state index contributed by atoms with van der Waals surface area (Å²) in [7, 11) is 2.22. The first-order valence-corrected chi connectivity index (χ1v) is 20.5. The molecule has 0 radical (unpaired) electrons. The summed E-state index contributed by atoms with van der Waals surface area (Å²) in [5, 5.41) is 8.70. The second kappa shape index (κ2) is 12.1. The Bertz CT molecular complexity index is 2510. The van der Waals surface area contributed by atoms with Gasteiger partial charge in [0.15, 0.2) is 0 Å². The first kappa shape index (κ1) is 37.2. The summed E-state index contributed by atoms with van der Waals surface area (Å²) in [5.41, 5.74) is 17.4. The minimum Gasteiger partial charge on any atom is -0.457 e. The van der Waals surface area contributed by atoms with Gasteiger partial charge in [-0.2, -0.15) is 15.0 Å². The lowest BCUT2D eigenvalue weighted by atomic mass is 9.59. The Morgan fingerprint density at radius 2 is 1.12 bits per heavy atom. The average Bonchev–Trinajstić information content (AvgIpc) is 3.86. The Labute approximate surface area is 339 Å². The van der Waals surface area contributed by atoms with E-state index in [1.54, 1.807) is 17.2 Å². The highest BCUT2D eigenvalue weighted by molar-refractivity contribution is 6.00. The lowest BCUT2D eigenvalue weighted by Gasteiger charge is -2.46. The molecule has 292 valence electrons. The van der Waals surface area contributed by atoms with Gasteiger partial charge in [0.05, 0.1) is 47.2 Å². The van der Waals surface area contributed by atoms with Crippen molar-refractivity contribution in [3.63, 3.8) is 0 Å². The molecular weight excluding hydrogens is 699 g/mol. The Kier molecular flexibility index (Phi) is 7.89. The predicted octanol–water partition coefficient (Wildman–Crippen LogP) is 12.5. The van der Waals surface area contributed by atoms with E-state index in [9.17, 15) is 0 Å². The molecule has 1 spiro atoms. The Balaban J connectivity index is 1.42. The van der Waals surface area contributed by atoms with Gasteiger partial charge in [0, 0.05) is 19.2 Å². The van der Waals surface area contributed by atoms with Crippen molar-refractivity contribution in [2.75, 3.05) is 23.5 Å². The van der Waals surface area contributed by atoms with Crippen molar-refractivity contribution in [2.45, 2.75) is 110 Å². The molecule has 0 fully saturated rings. The van der Waals surface area contributed by atoms with Crippen LogP contribution in [0, 0.1) is 0 Å². The van der Waals surface area contributed by atoms with Gasteiger partial charge >= 0.3 is 0 Å². The molecule has 9 rings (SSSR count). The third kappa shape index (κ3) is 5.57. The molecule has 0 N–H and O–H groups in total. The largest absolute Gasteiger partial charge is 0.457 e. The van der Waals surface area contributed by atoms with E-state index >= 15 is 0 Å². The van der Waals surface area contributed by atoms with Gasteiger partial charge in [-0.05, 0) is 102 Å². The van der Waals surface area contributed by atoms with Crippen LogP contribution in [-0.2, 0) is 27.1 Å². The van der Waals surface area contributed by atoms with Crippen LogP contribution in [0.3, 0.4) is 0 Å². The minimum absolute atomic E-state index is 0.0333. The zero-order valence-corrected chi connectivity index (χ0v) is 36.1. The van der Waals surface area contributed by atoms with Crippen molar-refractivity contribution in [3.8, 4) is 28.3 Å². The molecule has 6 nitrogen and oxygen atoms in total. The van der Waals surface area contributed by atoms with Crippen molar-refractivity contribution < 1.29 is 4.74 Å². The molecule has 57 heavy (non-hydrogen) atoms. The molecule has 0 amide bonds.